The first-order valence-electron chi connectivity index (χ1n) is 4.79. The van der Waals surface area contributed by atoms with Crippen LogP contribution in [0.1, 0.15) is 17.0 Å². The van der Waals surface area contributed by atoms with Crippen molar-refractivity contribution in [2.24, 2.45) is 0 Å². The van der Waals surface area contributed by atoms with E-state index in [2.05, 4.69) is 46.9 Å². The molecule has 2 heteroatoms. The summed E-state index contributed by atoms with van der Waals surface area (Å²) in [7, 11) is 0. The van der Waals surface area contributed by atoms with E-state index in [0.29, 0.717) is 0 Å². The molecule has 0 saturated heterocycles. The maximum absolute atomic E-state index is 4.18. The SMILES string of the molecule is Cc1cc(Cn2cccc2C)ccn1. The molecule has 72 valence electrons. The highest BCUT2D eigenvalue weighted by Gasteiger charge is 1.97. The molecule has 0 spiro atoms. The topological polar surface area (TPSA) is 17.8 Å². The van der Waals surface area contributed by atoms with Gasteiger partial charge in [0.1, 0.15) is 0 Å². The molecule has 0 aliphatic heterocycles. The van der Waals surface area contributed by atoms with Crippen LogP contribution in [-0.4, -0.2) is 9.55 Å². The second-order valence-electron chi connectivity index (χ2n) is 3.58. The number of rotatable bonds is 2. The first kappa shape index (κ1) is 9.00. The molecule has 0 atom stereocenters. The minimum atomic E-state index is 0.933. The average Bonchev–Trinajstić information content (AvgIpc) is 2.52. The van der Waals surface area contributed by atoms with Gasteiger partial charge in [0, 0.05) is 30.3 Å². The molecule has 2 nitrogen and oxygen atoms in total. The van der Waals surface area contributed by atoms with Crippen molar-refractivity contribution in [2.75, 3.05) is 0 Å². The predicted molar refractivity (Wildman–Crippen MR) is 57.2 cm³/mol. The van der Waals surface area contributed by atoms with Gasteiger partial charge >= 0.3 is 0 Å². The van der Waals surface area contributed by atoms with Gasteiger partial charge in [-0.25, -0.2) is 0 Å². The molecule has 0 fully saturated rings. The van der Waals surface area contributed by atoms with Gasteiger partial charge in [-0.05, 0) is 43.7 Å². The van der Waals surface area contributed by atoms with Crippen LogP contribution in [0.15, 0.2) is 36.7 Å². The number of aryl methyl sites for hydroxylation is 2. The lowest BCUT2D eigenvalue weighted by molar-refractivity contribution is 0.774. The van der Waals surface area contributed by atoms with E-state index in [-0.39, 0.29) is 0 Å². The van der Waals surface area contributed by atoms with Gasteiger partial charge < -0.3 is 4.57 Å². The van der Waals surface area contributed by atoms with Crippen LogP contribution in [0.5, 0.6) is 0 Å². The van der Waals surface area contributed by atoms with Crippen molar-refractivity contribution in [1.82, 2.24) is 9.55 Å². The molecular weight excluding hydrogens is 172 g/mol. The third kappa shape index (κ3) is 1.84. The molecule has 2 aromatic rings. The molecule has 0 bridgehead atoms. The minimum Gasteiger partial charge on any atom is -0.347 e. The zero-order valence-corrected chi connectivity index (χ0v) is 8.57. The maximum Gasteiger partial charge on any atom is 0.0473 e. The van der Waals surface area contributed by atoms with Crippen LogP contribution in [0, 0.1) is 13.8 Å². The molecule has 0 saturated carbocycles. The Kier molecular flexibility index (Phi) is 2.35. The lowest BCUT2D eigenvalue weighted by atomic mass is 10.2. The maximum atomic E-state index is 4.18. The Labute approximate surface area is 84.2 Å². The van der Waals surface area contributed by atoms with E-state index >= 15 is 0 Å². The predicted octanol–water partition coefficient (Wildman–Crippen LogP) is 2.55. The third-order valence-corrected chi connectivity index (χ3v) is 2.37. The number of hydrogen-bond donors (Lipinski definition) is 0. The van der Waals surface area contributed by atoms with Gasteiger partial charge in [0.15, 0.2) is 0 Å². The second-order valence-corrected chi connectivity index (χ2v) is 3.58. The summed E-state index contributed by atoms with van der Waals surface area (Å²) in [6.45, 7) is 5.07. The van der Waals surface area contributed by atoms with Gasteiger partial charge in [0.05, 0.1) is 0 Å². The summed E-state index contributed by atoms with van der Waals surface area (Å²) in [6.07, 6.45) is 3.97. The van der Waals surface area contributed by atoms with Crippen LogP contribution in [0.2, 0.25) is 0 Å². The van der Waals surface area contributed by atoms with Gasteiger partial charge in [0.2, 0.25) is 0 Å². The summed E-state index contributed by atoms with van der Waals surface area (Å²) in [6, 6.07) is 8.38. The zero-order valence-electron chi connectivity index (χ0n) is 8.57. The monoisotopic (exact) mass is 186 g/mol. The molecule has 0 radical (unpaired) electrons. The van der Waals surface area contributed by atoms with Crippen LogP contribution >= 0.6 is 0 Å². The molecule has 0 N–H and O–H groups in total. The van der Waals surface area contributed by atoms with E-state index in [1.54, 1.807) is 0 Å². The van der Waals surface area contributed by atoms with E-state index in [1.807, 2.05) is 13.1 Å². The number of hydrogen-bond acceptors (Lipinski definition) is 1. The first-order valence-corrected chi connectivity index (χ1v) is 4.79. The number of aromatic nitrogens is 2. The summed E-state index contributed by atoms with van der Waals surface area (Å²) in [5, 5.41) is 0. The number of pyridine rings is 1. The van der Waals surface area contributed by atoms with Crippen LogP contribution in [0.3, 0.4) is 0 Å². The van der Waals surface area contributed by atoms with Crippen molar-refractivity contribution in [3.8, 4) is 0 Å². The standard InChI is InChI=1S/C12H14N2/c1-10-8-12(5-6-13-10)9-14-7-3-4-11(14)2/h3-8H,9H2,1-2H3. The Bertz CT molecular complexity index is 429. The van der Waals surface area contributed by atoms with Crippen LogP contribution in [-0.2, 0) is 6.54 Å². The fourth-order valence-electron chi connectivity index (χ4n) is 1.58. The molecule has 2 heterocycles. The molecule has 2 rings (SSSR count). The fraction of sp³-hybridized carbons (Fsp3) is 0.250. The Morgan fingerprint density at radius 1 is 1.29 bits per heavy atom. The molecular formula is C12H14N2. The lowest BCUT2D eigenvalue weighted by Crippen LogP contribution is -2.00. The smallest absolute Gasteiger partial charge is 0.0473 e. The summed E-state index contributed by atoms with van der Waals surface area (Å²) >= 11 is 0. The van der Waals surface area contributed by atoms with Gasteiger partial charge in [0.25, 0.3) is 0 Å². The Hall–Kier alpha value is -1.57. The van der Waals surface area contributed by atoms with Crippen LogP contribution in [0.25, 0.3) is 0 Å². The van der Waals surface area contributed by atoms with Crippen molar-refractivity contribution >= 4 is 0 Å². The molecule has 0 aromatic carbocycles. The van der Waals surface area contributed by atoms with Crippen LogP contribution < -0.4 is 0 Å². The van der Waals surface area contributed by atoms with E-state index in [0.717, 1.165) is 12.2 Å². The molecule has 0 aliphatic rings. The second kappa shape index (κ2) is 3.66. The molecule has 0 amide bonds. The molecule has 14 heavy (non-hydrogen) atoms. The van der Waals surface area contributed by atoms with Crippen LogP contribution in [0.4, 0.5) is 0 Å². The fourth-order valence-corrected chi connectivity index (χ4v) is 1.58. The van der Waals surface area contributed by atoms with Crippen molar-refractivity contribution in [2.45, 2.75) is 20.4 Å². The number of nitrogens with zero attached hydrogens (tertiary/aromatic N) is 2. The summed E-state index contributed by atoms with van der Waals surface area (Å²) in [5.41, 5.74) is 3.67. The van der Waals surface area contributed by atoms with E-state index in [4.69, 9.17) is 0 Å². The molecule has 0 aliphatic carbocycles. The highest BCUT2D eigenvalue weighted by atomic mass is 15.0. The van der Waals surface area contributed by atoms with Crippen molar-refractivity contribution in [3.63, 3.8) is 0 Å². The Balaban J connectivity index is 2.23. The van der Waals surface area contributed by atoms with Gasteiger partial charge in [-0.1, -0.05) is 0 Å². The first-order chi connectivity index (χ1) is 6.75. The zero-order chi connectivity index (χ0) is 9.97. The van der Waals surface area contributed by atoms with Gasteiger partial charge in [-0.15, -0.1) is 0 Å². The van der Waals surface area contributed by atoms with E-state index < -0.39 is 0 Å². The normalized spacial score (nSPS) is 10.4. The minimum absolute atomic E-state index is 0.933. The van der Waals surface area contributed by atoms with Crippen molar-refractivity contribution < 1.29 is 0 Å². The van der Waals surface area contributed by atoms with Gasteiger partial charge in [-0.2, -0.15) is 0 Å². The highest BCUT2D eigenvalue weighted by molar-refractivity contribution is 5.17. The largest absolute Gasteiger partial charge is 0.347 e. The van der Waals surface area contributed by atoms with E-state index in [9.17, 15) is 0 Å². The Morgan fingerprint density at radius 2 is 2.14 bits per heavy atom. The van der Waals surface area contributed by atoms with Crippen molar-refractivity contribution in [3.05, 3.63) is 53.6 Å². The lowest BCUT2D eigenvalue weighted by Gasteiger charge is -2.06. The highest BCUT2D eigenvalue weighted by Crippen LogP contribution is 2.07. The summed E-state index contributed by atoms with van der Waals surface area (Å²) < 4.78 is 2.23. The third-order valence-electron chi connectivity index (χ3n) is 2.37. The Morgan fingerprint density at radius 3 is 2.79 bits per heavy atom. The average molecular weight is 186 g/mol. The summed E-state index contributed by atoms with van der Waals surface area (Å²) in [4.78, 5) is 4.18. The van der Waals surface area contributed by atoms with Gasteiger partial charge in [-0.3, -0.25) is 4.98 Å². The molecule has 0 unspecified atom stereocenters. The van der Waals surface area contributed by atoms with Crippen molar-refractivity contribution in [1.29, 1.82) is 0 Å². The summed E-state index contributed by atoms with van der Waals surface area (Å²) in [5.74, 6) is 0. The van der Waals surface area contributed by atoms with E-state index in [1.165, 1.54) is 11.3 Å². The quantitative estimate of drug-likeness (QED) is 0.704. The molecule has 2 aromatic heterocycles.